The Morgan fingerprint density at radius 3 is 1.76 bits per heavy atom. The summed E-state index contributed by atoms with van der Waals surface area (Å²) < 4.78 is 28.4. The Labute approximate surface area is 124 Å². The van der Waals surface area contributed by atoms with Gasteiger partial charge in [-0.05, 0) is 16.7 Å². The highest BCUT2D eigenvalue weighted by atomic mass is 19.3. The lowest BCUT2D eigenvalue weighted by molar-refractivity contribution is -0.178. The third-order valence-electron chi connectivity index (χ3n) is 3.68. The van der Waals surface area contributed by atoms with Crippen LogP contribution in [0.15, 0.2) is 54.6 Å². The van der Waals surface area contributed by atoms with Gasteiger partial charge in [-0.15, -0.1) is 0 Å². The van der Waals surface area contributed by atoms with Crippen LogP contribution >= 0.6 is 0 Å². The molecule has 0 aliphatic heterocycles. The Morgan fingerprint density at radius 1 is 0.810 bits per heavy atom. The van der Waals surface area contributed by atoms with E-state index in [1.165, 1.54) is 20.8 Å². The molecule has 1 unspecified atom stereocenters. The van der Waals surface area contributed by atoms with Gasteiger partial charge in [0.25, 0.3) is 5.92 Å². The van der Waals surface area contributed by atoms with Gasteiger partial charge in [0.1, 0.15) is 6.10 Å². The molecule has 0 radical (unpaired) electrons. The lowest BCUT2D eigenvalue weighted by Gasteiger charge is -2.34. The number of hydrogen-bond donors (Lipinski definition) is 1. The first-order valence-electron chi connectivity index (χ1n) is 6.95. The highest BCUT2D eigenvalue weighted by Crippen LogP contribution is 2.45. The highest BCUT2D eigenvalue weighted by Gasteiger charge is 2.49. The Bertz CT molecular complexity index is 583. The van der Waals surface area contributed by atoms with Crippen LogP contribution in [0.3, 0.4) is 0 Å². The molecule has 0 amide bonds. The molecule has 0 aromatic heterocycles. The summed E-state index contributed by atoms with van der Waals surface area (Å²) in [5.74, 6) is -3.19. The van der Waals surface area contributed by atoms with Gasteiger partial charge in [0.2, 0.25) is 0 Å². The molecule has 0 saturated carbocycles. The molecule has 3 heteroatoms. The summed E-state index contributed by atoms with van der Waals surface area (Å²) in [5.41, 5.74) is 0.881. The van der Waals surface area contributed by atoms with Crippen molar-refractivity contribution < 1.29 is 13.9 Å². The molecule has 2 aromatic rings. The summed E-state index contributed by atoms with van der Waals surface area (Å²) in [6, 6.07) is 16.3. The van der Waals surface area contributed by atoms with Crippen LogP contribution in [-0.4, -0.2) is 11.0 Å². The summed E-state index contributed by atoms with van der Waals surface area (Å²) in [4.78, 5) is 0. The number of alkyl halides is 2. The lowest BCUT2D eigenvalue weighted by Crippen LogP contribution is -2.39. The molecule has 0 heterocycles. The molecule has 0 spiro atoms. The number of rotatable bonds is 3. The molecule has 0 aliphatic rings. The molecule has 1 N–H and O–H groups in total. The standard InChI is InChI=1S/C18H20F2O/c1-17(2,3)18(19,20)16(21)15-11-9-14(10-12-15)13-7-5-4-6-8-13/h4-12,16,21H,1-3H3. The predicted octanol–water partition coefficient (Wildman–Crippen LogP) is 5.07. The third-order valence-corrected chi connectivity index (χ3v) is 3.68. The molecular weight excluding hydrogens is 270 g/mol. The average Bonchev–Trinajstić information content (AvgIpc) is 2.46. The lowest BCUT2D eigenvalue weighted by atomic mass is 9.82. The van der Waals surface area contributed by atoms with Gasteiger partial charge in [-0.3, -0.25) is 0 Å². The van der Waals surface area contributed by atoms with E-state index in [0.717, 1.165) is 11.1 Å². The minimum Gasteiger partial charge on any atom is -0.382 e. The maximum Gasteiger partial charge on any atom is 0.282 e. The summed E-state index contributed by atoms with van der Waals surface area (Å²) in [6.45, 7) is 4.28. The van der Waals surface area contributed by atoms with Gasteiger partial charge in [0.05, 0.1) is 0 Å². The summed E-state index contributed by atoms with van der Waals surface area (Å²) in [7, 11) is 0. The maximum absolute atomic E-state index is 14.2. The van der Waals surface area contributed by atoms with Crippen LogP contribution in [0.1, 0.15) is 32.4 Å². The average molecular weight is 290 g/mol. The maximum atomic E-state index is 14.2. The quantitative estimate of drug-likeness (QED) is 0.837. The first-order valence-corrected chi connectivity index (χ1v) is 6.95. The molecule has 0 fully saturated rings. The van der Waals surface area contributed by atoms with Crippen molar-refractivity contribution in [2.75, 3.05) is 0 Å². The third kappa shape index (κ3) is 3.13. The fourth-order valence-corrected chi connectivity index (χ4v) is 2.11. The Hall–Kier alpha value is -1.74. The normalized spacial score (nSPS) is 14.0. The monoisotopic (exact) mass is 290 g/mol. The van der Waals surface area contributed by atoms with E-state index in [-0.39, 0.29) is 5.56 Å². The second-order valence-electron chi connectivity index (χ2n) is 6.26. The van der Waals surface area contributed by atoms with Crippen molar-refractivity contribution in [2.45, 2.75) is 32.8 Å². The van der Waals surface area contributed by atoms with Crippen LogP contribution in [0.5, 0.6) is 0 Å². The van der Waals surface area contributed by atoms with E-state index in [1.54, 1.807) is 24.3 Å². The zero-order valence-electron chi connectivity index (χ0n) is 12.5. The molecule has 21 heavy (non-hydrogen) atoms. The van der Waals surface area contributed by atoms with Crippen molar-refractivity contribution in [3.05, 3.63) is 60.2 Å². The van der Waals surface area contributed by atoms with E-state index in [2.05, 4.69) is 0 Å². The minimum atomic E-state index is -3.19. The van der Waals surface area contributed by atoms with E-state index in [1.807, 2.05) is 30.3 Å². The van der Waals surface area contributed by atoms with Gasteiger partial charge in [0.15, 0.2) is 0 Å². The zero-order chi connectivity index (χ0) is 15.7. The second-order valence-corrected chi connectivity index (χ2v) is 6.26. The molecular formula is C18H20F2O. The fourth-order valence-electron chi connectivity index (χ4n) is 2.11. The van der Waals surface area contributed by atoms with E-state index in [0.29, 0.717) is 0 Å². The molecule has 0 saturated heterocycles. The van der Waals surface area contributed by atoms with Crippen LogP contribution in [0.2, 0.25) is 0 Å². The van der Waals surface area contributed by atoms with Crippen LogP contribution < -0.4 is 0 Å². The molecule has 0 bridgehead atoms. The Balaban J connectivity index is 2.27. The minimum absolute atomic E-state index is 0.231. The van der Waals surface area contributed by atoms with Crippen molar-refractivity contribution in [3.63, 3.8) is 0 Å². The van der Waals surface area contributed by atoms with Crippen LogP contribution in [-0.2, 0) is 0 Å². The fraction of sp³-hybridized carbons (Fsp3) is 0.333. The summed E-state index contributed by atoms with van der Waals surface area (Å²) in [5, 5.41) is 10.00. The van der Waals surface area contributed by atoms with Gasteiger partial charge in [0, 0.05) is 5.41 Å². The van der Waals surface area contributed by atoms with Gasteiger partial charge in [-0.1, -0.05) is 75.4 Å². The van der Waals surface area contributed by atoms with Gasteiger partial charge < -0.3 is 5.11 Å². The topological polar surface area (TPSA) is 20.2 Å². The van der Waals surface area contributed by atoms with Crippen molar-refractivity contribution in [1.29, 1.82) is 0 Å². The number of aliphatic hydroxyl groups excluding tert-OH is 1. The first kappa shape index (κ1) is 15.6. The van der Waals surface area contributed by atoms with Crippen LogP contribution in [0, 0.1) is 5.41 Å². The molecule has 1 nitrogen and oxygen atoms in total. The van der Waals surface area contributed by atoms with Crippen LogP contribution in [0.25, 0.3) is 11.1 Å². The number of halogens is 2. The second kappa shape index (κ2) is 5.57. The van der Waals surface area contributed by atoms with E-state index in [4.69, 9.17) is 0 Å². The smallest absolute Gasteiger partial charge is 0.282 e. The zero-order valence-corrected chi connectivity index (χ0v) is 12.5. The predicted molar refractivity (Wildman–Crippen MR) is 81.2 cm³/mol. The van der Waals surface area contributed by atoms with E-state index >= 15 is 0 Å². The SMILES string of the molecule is CC(C)(C)C(F)(F)C(O)c1ccc(-c2ccccc2)cc1. The van der Waals surface area contributed by atoms with Crippen molar-refractivity contribution >= 4 is 0 Å². The van der Waals surface area contributed by atoms with Crippen LogP contribution in [0.4, 0.5) is 8.78 Å². The van der Waals surface area contributed by atoms with E-state index < -0.39 is 17.4 Å². The molecule has 1 atom stereocenters. The number of hydrogen-bond acceptors (Lipinski definition) is 1. The Morgan fingerprint density at radius 2 is 1.29 bits per heavy atom. The molecule has 0 aliphatic carbocycles. The van der Waals surface area contributed by atoms with Crippen molar-refractivity contribution in [2.24, 2.45) is 5.41 Å². The van der Waals surface area contributed by atoms with Gasteiger partial charge >= 0.3 is 0 Å². The number of benzene rings is 2. The molecule has 112 valence electrons. The summed E-state index contributed by atoms with van der Waals surface area (Å²) >= 11 is 0. The van der Waals surface area contributed by atoms with Crippen molar-refractivity contribution in [1.82, 2.24) is 0 Å². The van der Waals surface area contributed by atoms with Gasteiger partial charge in [-0.2, -0.15) is 0 Å². The largest absolute Gasteiger partial charge is 0.382 e. The summed E-state index contributed by atoms with van der Waals surface area (Å²) in [6.07, 6.45) is -1.80. The van der Waals surface area contributed by atoms with Crippen molar-refractivity contribution in [3.8, 4) is 11.1 Å². The Kier molecular flexibility index (Phi) is 4.15. The van der Waals surface area contributed by atoms with E-state index in [9.17, 15) is 13.9 Å². The highest BCUT2D eigenvalue weighted by molar-refractivity contribution is 5.63. The first-order chi connectivity index (χ1) is 9.73. The number of aliphatic hydroxyl groups is 1. The molecule has 2 aromatic carbocycles. The van der Waals surface area contributed by atoms with Gasteiger partial charge in [-0.25, -0.2) is 8.78 Å². The molecule has 2 rings (SSSR count).